The second-order valence-corrected chi connectivity index (χ2v) is 4.69. The van der Waals surface area contributed by atoms with E-state index < -0.39 is 0 Å². The quantitative estimate of drug-likeness (QED) is 0.766. The Bertz CT molecular complexity index is 668. The molecule has 19 heavy (non-hydrogen) atoms. The van der Waals surface area contributed by atoms with Crippen molar-refractivity contribution < 1.29 is 0 Å². The van der Waals surface area contributed by atoms with Crippen LogP contribution in [0.4, 0.5) is 0 Å². The van der Waals surface area contributed by atoms with E-state index >= 15 is 0 Å². The molecule has 0 amide bonds. The minimum atomic E-state index is 0.415. The Kier molecular flexibility index (Phi) is 3.00. The number of pyridine rings is 1. The van der Waals surface area contributed by atoms with Crippen LogP contribution in [-0.4, -0.2) is 30.2 Å². The second-order valence-electron chi connectivity index (χ2n) is 4.69. The molecule has 3 rings (SSSR count). The molecule has 3 aromatic heterocycles. The van der Waals surface area contributed by atoms with Crippen molar-refractivity contribution in [2.24, 2.45) is 0 Å². The van der Waals surface area contributed by atoms with Gasteiger partial charge in [0.25, 0.3) is 0 Å². The molecule has 3 aromatic rings. The summed E-state index contributed by atoms with van der Waals surface area (Å²) in [6, 6.07) is 6.38. The average molecular weight is 256 g/mol. The average Bonchev–Trinajstić information content (AvgIpc) is 3.03. The molecule has 0 atom stereocenters. The lowest BCUT2D eigenvalue weighted by atomic mass is 10.3. The normalized spacial score (nSPS) is 11.5. The number of rotatable bonds is 4. The molecule has 0 saturated heterocycles. The summed E-state index contributed by atoms with van der Waals surface area (Å²) in [6.07, 6.45) is 5.20. The molecule has 3 heterocycles. The fourth-order valence-electron chi connectivity index (χ4n) is 2.00. The predicted molar refractivity (Wildman–Crippen MR) is 72.1 cm³/mol. The third-order valence-corrected chi connectivity index (χ3v) is 2.92. The molecule has 0 aliphatic rings. The van der Waals surface area contributed by atoms with Gasteiger partial charge in [-0.2, -0.15) is 5.10 Å². The van der Waals surface area contributed by atoms with E-state index in [0.29, 0.717) is 6.04 Å². The highest BCUT2D eigenvalue weighted by atomic mass is 15.4. The van der Waals surface area contributed by atoms with Gasteiger partial charge in [-0.3, -0.25) is 0 Å². The molecular weight excluding hydrogens is 240 g/mol. The summed E-state index contributed by atoms with van der Waals surface area (Å²) in [4.78, 5) is 8.60. The highest BCUT2D eigenvalue weighted by Gasteiger charge is 2.14. The number of hydrogen-bond donors (Lipinski definition) is 1. The number of imidazole rings is 1. The van der Waals surface area contributed by atoms with Gasteiger partial charge in [0, 0.05) is 18.8 Å². The first-order valence-corrected chi connectivity index (χ1v) is 6.30. The Morgan fingerprint density at radius 1 is 1.32 bits per heavy atom. The molecular formula is C13H16N6. The summed E-state index contributed by atoms with van der Waals surface area (Å²) < 4.78 is 3.77. The molecule has 6 heteroatoms. The molecule has 0 unspecified atom stereocenters. The van der Waals surface area contributed by atoms with Crippen LogP contribution in [0.2, 0.25) is 0 Å². The fourth-order valence-corrected chi connectivity index (χ4v) is 2.00. The number of nitrogens with one attached hydrogen (secondary N) is 1. The molecule has 0 saturated carbocycles. The molecule has 0 spiro atoms. The summed E-state index contributed by atoms with van der Waals surface area (Å²) in [5.74, 6) is 0.817. The topological polar surface area (TPSA) is 60.0 Å². The molecule has 1 N–H and O–H groups in total. The van der Waals surface area contributed by atoms with Crippen LogP contribution < -0.4 is 5.32 Å². The Labute approximate surface area is 111 Å². The summed E-state index contributed by atoms with van der Waals surface area (Å²) in [6.45, 7) is 4.98. The van der Waals surface area contributed by atoms with Crippen LogP contribution in [0.25, 0.3) is 11.5 Å². The second kappa shape index (κ2) is 4.81. The molecule has 0 aliphatic carbocycles. The van der Waals surface area contributed by atoms with E-state index in [1.54, 1.807) is 11.0 Å². The minimum Gasteiger partial charge on any atom is -0.309 e. The molecule has 0 radical (unpaired) electrons. The molecule has 0 aliphatic heterocycles. The van der Waals surface area contributed by atoms with Crippen LogP contribution in [0, 0.1) is 0 Å². The van der Waals surface area contributed by atoms with Crippen molar-refractivity contribution in [3.8, 4) is 5.82 Å². The highest BCUT2D eigenvalue weighted by molar-refractivity contribution is 5.48. The van der Waals surface area contributed by atoms with Crippen LogP contribution in [0.1, 0.15) is 19.5 Å². The van der Waals surface area contributed by atoms with E-state index in [9.17, 15) is 0 Å². The van der Waals surface area contributed by atoms with Crippen LogP contribution >= 0.6 is 0 Å². The monoisotopic (exact) mass is 256 g/mol. The molecule has 0 bridgehead atoms. The standard InChI is InChI=1S/C13H16N6/c1-10(2)15-7-11-13(19-9-14-8-16-19)17-12-5-3-4-6-18(11)12/h3-6,8-10,15H,7H2,1-2H3. The van der Waals surface area contributed by atoms with Crippen molar-refractivity contribution in [3.05, 3.63) is 42.7 Å². The Balaban J connectivity index is 2.11. The van der Waals surface area contributed by atoms with Crippen molar-refractivity contribution in [1.29, 1.82) is 0 Å². The van der Waals surface area contributed by atoms with Crippen molar-refractivity contribution in [2.45, 2.75) is 26.4 Å². The van der Waals surface area contributed by atoms with E-state index in [0.717, 1.165) is 23.7 Å². The van der Waals surface area contributed by atoms with E-state index in [-0.39, 0.29) is 0 Å². The molecule has 6 nitrogen and oxygen atoms in total. The summed E-state index contributed by atoms with van der Waals surface area (Å²) >= 11 is 0. The van der Waals surface area contributed by atoms with E-state index in [4.69, 9.17) is 0 Å². The Morgan fingerprint density at radius 2 is 2.21 bits per heavy atom. The van der Waals surface area contributed by atoms with Gasteiger partial charge >= 0.3 is 0 Å². The molecule has 0 aromatic carbocycles. The van der Waals surface area contributed by atoms with Gasteiger partial charge in [-0.15, -0.1) is 0 Å². The van der Waals surface area contributed by atoms with Crippen molar-refractivity contribution in [2.75, 3.05) is 0 Å². The highest BCUT2D eigenvalue weighted by Crippen LogP contribution is 2.15. The van der Waals surface area contributed by atoms with Crippen LogP contribution in [-0.2, 0) is 6.54 Å². The number of fused-ring (bicyclic) bond motifs is 1. The van der Waals surface area contributed by atoms with Gasteiger partial charge in [0.15, 0.2) is 5.82 Å². The summed E-state index contributed by atoms with van der Waals surface area (Å²) in [7, 11) is 0. The van der Waals surface area contributed by atoms with Gasteiger partial charge in [-0.25, -0.2) is 14.6 Å². The van der Waals surface area contributed by atoms with Gasteiger partial charge in [-0.1, -0.05) is 19.9 Å². The largest absolute Gasteiger partial charge is 0.309 e. The predicted octanol–water partition coefficient (Wildman–Crippen LogP) is 1.41. The Morgan fingerprint density at radius 3 is 2.95 bits per heavy atom. The van der Waals surface area contributed by atoms with Crippen molar-refractivity contribution in [3.63, 3.8) is 0 Å². The van der Waals surface area contributed by atoms with Crippen LogP contribution in [0.15, 0.2) is 37.1 Å². The third kappa shape index (κ3) is 2.22. The number of aromatic nitrogens is 5. The smallest absolute Gasteiger partial charge is 0.178 e. The van der Waals surface area contributed by atoms with Crippen molar-refractivity contribution >= 4 is 5.65 Å². The maximum atomic E-state index is 4.62. The van der Waals surface area contributed by atoms with E-state index in [1.165, 1.54) is 6.33 Å². The number of nitrogens with zero attached hydrogens (tertiary/aromatic N) is 5. The lowest BCUT2D eigenvalue weighted by molar-refractivity contribution is 0.576. The lowest BCUT2D eigenvalue weighted by Gasteiger charge is -2.09. The maximum absolute atomic E-state index is 4.62. The first-order chi connectivity index (χ1) is 9.25. The molecule has 0 fully saturated rings. The van der Waals surface area contributed by atoms with Gasteiger partial charge in [0.1, 0.15) is 18.3 Å². The number of hydrogen-bond acceptors (Lipinski definition) is 4. The molecule has 98 valence electrons. The van der Waals surface area contributed by atoms with Crippen LogP contribution in [0.5, 0.6) is 0 Å². The zero-order chi connectivity index (χ0) is 13.2. The van der Waals surface area contributed by atoms with Gasteiger partial charge in [-0.05, 0) is 12.1 Å². The minimum absolute atomic E-state index is 0.415. The van der Waals surface area contributed by atoms with Gasteiger partial charge < -0.3 is 9.72 Å². The van der Waals surface area contributed by atoms with Crippen molar-refractivity contribution in [1.82, 2.24) is 29.5 Å². The third-order valence-electron chi connectivity index (χ3n) is 2.92. The van der Waals surface area contributed by atoms with Crippen LogP contribution in [0.3, 0.4) is 0 Å². The zero-order valence-electron chi connectivity index (χ0n) is 11.0. The summed E-state index contributed by atoms with van der Waals surface area (Å²) in [5, 5.41) is 7.59. The summed E-state index contributed by atoms with van der Waals surface area (Å²) in [5.41, 5.74) is 1.99. The fraction of sp³-hybridized carbons (Fsp3) is 0.308. The maximum Gasteiger partial charge on any atom is 0.178 e. The Hall–Kier alpha value is -2.21. The van der Waals surface area contributed by atoms with E-state index in [2.05, 4.69) is 38.6 Å². The van der Waals surface area contributed by atoms with E-state index in [1.807, 2.05) is 24.4 Å². The first-order valence-electron chi connectivity index (χ1n) is 6.30. The zero-order valence-corrected chi connectivity index (χ0v) is 11.0. The van der Waals surface area contributed by atoms with Gasteiger partial charge in [0.2, 0.25) is 0 Å². The van der Waals surface area contributed by atoms with Gasteiger partial charge in [0.05, 0.1) is 5.69 Å². The lowest BCUT2D eigenvalue weighted by Crippen LogP contribution is -2.23. The first kappa shape index (κ1) is 11.9. The SMILES string of the molecule is CC(C)NCc1c(-n2cncn2)nc2ccccn12.